The second-order valence-corrected chi connectivity index (χ2v) is 27.0. The Labute approximate surface area is 368 Å². The van der Waals surface area contributed by atoms with Crippen molar-refractivity contribution in [2.45, 2.75) is 161 Å². The van der Waals surface area contributed by atoms with E-state index in [0.717, 1.165) is 0 Å². The van der Waals surface area contributed by atoms with Crippen molar-refractivity contribution in [3.8, 4) is 0 Å². The molecule has 0 unspecified atom stereocenters. The molecule has 0 saturated heterocycles. The van der Waals surface area contributed by atoms with Gasteiger partial charge in [0, 0.05) is 46.6 Å². The molecule has 2 aliphatic carbocycles. The van der Waals surface area contributed by atoms with Crippen LogP contribution in [0.25, 0.3) is 0 Å². The van der Waals surface area contributed by atoms with E-state index in [1.165, 1.54) is 114 Å². The highest BCUT2D eigenvalue weighted by Gasteiger charge is 2.54. The van der Waals surface area contributed by atoms with Gasteiger partial charge in [0.05, 0.1) is 11.4 Å². The Morgan fingerprint density at radius 2 is 1.02 bits per heavy atom. The predicted molar refractivity (Wildman–Crippen MR) is 267 cm³/mol. The van der Waals surface area contributed by atoms with Gasteiger partial charge in [0.1, 0.15) is 13.7 Å². The molecule has 0 atom stereocenters. The quantitative estimate of drug-likeness (QED) is 0.164. The first-order valence-corrected chi connectivity index (χ1v) is 26.9. The molecular formula is C55H67BN4Si. The Kier molecular flexibility index (Phi) is 8.75. The normalized spacial score (nSPS) is 22.4. The summed E-state index contributed by atoms with van der Waals surface area (Å²) in [6, 6.07) is 40.5. The molecule has 0 N–H and O–H groups in total. The molecule has 61 heavy (non-hydrogen) atoms. The van der Waals surface area contributed by atoms with Gasteiger partial charge in [-0.2, -0.15) is 0 Å². The smallest absolute Gasteiger partial charge is 0.251 e. The fourth-order valence-corrected chi connectivity index (χ4v) is 16.5. The number of hydrogen-bond donors (Lipinski definition) is 0. The van der Waals surface area contributed by atoms with E-state index in [9.17, 15) is 0 Å². The summed E-state index contributed by atoms with van der Waals surface area (Å²) in [5.74, 6) is 0. The maximum absolute atomic E-state index is 2.90. The van der Waals surface area contributed by atoms with Crippen molar-refractivity contribution < 1.29 is 0 Å². The van der Waals surface area contributed by atoms with Gasteiger partial charge in [0.25, 0.3) is 6.71 Å². The van der Waals surface area contributed by atoms with Crippen LogP contribution in [0.15, 0.2) is 97.1 Å². The zero-order chi connectivity index (χ0) is 42.4. The van der Waals surface area contributed by atoms with Gasteiger partial charge in [-0.15, -0.1) is 0 Å². The molecule has 5 aromatic carbocycles. The highest BCUT2D eigenvalue weighted by atomic mass is 28.3. The van der Waals surface area contributed by atoms with Crippen molar-refractivity contribution in [2.75, 3.05) is 19.6 Å². The number of fused-ring (bicyclic) bond motifs is 1. The van der Waals surface area contributed by atoms with Crippen LogP contribution in [0.1, 0.15) is 124 Å². The first-order valence-electron chi connectivity index (χ1n) is 23.9. The molecule has 0 amide bonds. The third-order valence-electron chi connectivity index (χ3n) is 16.3. The molecule has 2 fully saturated rings. The Balaban J connectivity index is 1.05. The van der Waals surface area contributed by atoms with Crippen LogP contribution < -0.4 is 46.4 Å². The van der Waals surface area contributed by atoms with Gasteiger partial charge in [-0.1, -0.05) is 133 Å². The average Bonchev–Trinajstić information content (AvgIpc) is 3.48. The molecule has 6 aliphatic rings. The lowest BCUT2D eigenvalue weighted by Crippen LogP contribution is -2.80. The van der Waals surface area contributed by atoms with Crippen molar-refractivity contribution in [2.24, 2.45) is 0 Å². The molecular weight excluding hydrogens is 756 g/mol. The van der Waals surface area contributed by atoms with Crippen LogP contribution in [0.5, 0.6) is 0 Å². The summed E-state index contributed by atoms with van der Waals surface area (Å²) in [6.07, 6.45) is 11.5. The lowest BCUT2D eigenvalue weighted by molar-refractivity contribution is 0.293. The van der Waals surface area contributed by atoms with Gasteiger partial charge < -0.3 is 19.6 Å². The van der Waals surface area contributed by atoms with E-state index in [-0.39, 0.29) is 23.2 Å². The number of benzene rings is 5. The van der Waals surface area contributed by atoms with Gasteiger partial charge in [0.15, 0.2) is 0 Å². The van der Waals surface area contributed by atoms with Crippen LogP contribution in [0, 0.1) is 0 Å². The van der Waals surface area contributed by atoms with Gasteiger partial charge in [-0.05, 0) is 139 Å². The second-order valence-electron chi connectivity index (χ2n) is 22.7. The van der Waals surface area contributed by atoms with Crippen LogP contribution >= 0.6 is 0 Å². The molecule has 0 aromatic heterocycles. The number of para-hydroxylation sites is 2. The standard InChI is InChI=1S/C55H67BN4Si/c1-53(2,3)36-26-28-38(29-27-36)57-44-22-16-24-48-51(44)56-50-46(57)34-37(54(4,5)6)35-47(50)58(45-23-17-25-49(52(45)56)61(48,9)10)39-30-32-41(33-31-39)60-43-21-15-14-20-42(43)59(55(60,7)8)40-18-12-11-13-19-40/h14-17,20-29,34-35,39-41H,11-13,18-19,30-33H2,1-10H3. The summed E-state index contributed by atoms with van der Waals surface area (Å²) in [5.41, 5.74) is 17.4. The predicted octanol–water partition coefficient (Wildman–Crippen LogP) is 10.9. The average molecular weight is 823 g/mol. The minimum absolute atomic E-state index is 0.0126. The Bertz CT molecular complexity index is 2550. The number of nitrogens with zero attached hydrogens (tertiary/aromatic N) is 4. The van der Waals surface area contributed by atoms with Crippen LogP contribution in [-0.4, -0.2) is 38.6 Å². The minimum atomic E-state index is -2.06. The van der Waals surface area contributed by atoms with E-state index in [4.69, 9.17) is 0 Å². The van der Waals surface area contributed by atoms with E-state index < -0.39 is 8.07 Å². The summed E-state index contributed by atoms with van der Waals surface area (Å²) >= 11 is 0. The Morgan fingerprint density at radius 1 is 0.508 bits per heavy atom. The summed E-state index contributed by atoms with van der Waals surface area (Å²) < 4.78 is 0. The monoisotopic (exact) mass is 823 g/mol. The maximum atomic E-state index is 2.90. The Hall–Kier alpha value is -4.42. The molecule has 0 spiro atoms. The summed E-state index contributed by atoms with van der Waals surface area (Å²) in [5, 5.41) is 3.24. The van der Waals surface area contributed by atoms with Gasteiger partial charge in [-0.3, -0.25) is 0 Å². The number of hydrogen-bond acceptors (Lipinski definition) is 4. The van der Waals surface area contributed by atoms with E-state index in [1.807, 2.05) is 0 Å². The van der Waals surface area contributed by atoms with Crippen LogP contribution in [0.2, 0.25) is 13.1 Å². The molecule has 0 bridgehead atoms. The SMILES string of the molecule is CC(C)(C)c1ccc(N2c3cc(C(C)(C)C)cc4c3B3c5c2cccc5[Si](C)(C)c2cccc(c23)N4C2CCC(N3c4ccccc4N(C4CCCCC4)C3(C)C)CC2)cc1. The van der Waals surface area contributed by atoms with Gasteiger partial charge in [-0.25, -0.2) is 0 Å². The third kappa shape index (κ3) is 5.75. The van der Waals surface area contributed by atoms with E-state index in [2.05, 4.69) is 185 Å². The van der Waals surface area contributed by atoms with Crippen molar-refractivity contribution in [1.29, 1.82) is 0 Å². The fourth-order valence-electron chi connectivity index (χ4n) is 13.3. The van der Waals surface area contributed by atoms with Crippen molar-refractivity contribution >= 4 is 81.4 Å². The highest BCUT2D eigenvalue weighted by molar-refractivity contribution is 7.16. The lowest BCUT2D eigenvalue weighted by atomic mass is 9.33. The van der Waals surface area contributed by atoms with Crippen LogP contribution in [0.3, 0.4) is 0 Å². The molecule has 4 nitrogen and oxygen atoms in total. The largest absolute Gasteiger partial charge is 0.344 e. The third-order valence-corrected chi connectivity index (χ3v) is 19.9. The topological polar surface area (TPSA) is 13.0 Å². The Morgan fingerprint density at radius 3 is 1.61 bits per heavy atom. The van der Waals surface area contributed by atoms with Gasteiger partial charge >= 0.3 is 0 Å². The van der Waals surface area contributed by atoms with Crippen LogP contribution in [-0.2, 0) is 10.8 Å². The van der Waals surface area contributed by atoms with E-state index in [0.29, 0.717) is 18.1 Å². The summed E-state index contributed by atoms with van der Waals surface area (Å²) in [6.45, 7) is 24.7. The first kappa shape index (κ1) is 39.4. The molecule has 4 aliphatic heterocycles. The van der Waals surface area contributed by atoms with Gasteiger partial charge in [0.2, 0.25) is 0 Å². The number of anilines is 7. The van der Waals surface area contributed by atoms with Crippen molar-refractivity contribution in [3.63, 3.8) is 0 Å². The lowest BCUT2D eigenvalue weighted by Gasteiger charge is -2.53. The molecule has 0 radical (unpaired) electrons. The molecule has 5 aromatic rings. The maximum Gasteiger partial charge on any atom is 0.251 e. The molecule has 11 rings (SSSR count). The van der Waals surface area contributed by atoms with Crippen LogP contribution in [0.4, 0.5) is 39.8 Å². The molecule has 6 heteroatoms. The minimum Gasteiger partial charge on any atom is -0.344 e. The summed E-state index contributed by atoms with van der Waals surface area (Å²) in [7, 11) is -2.06. The van der Waals surface area contributed by atoms with Crippen molar-refractivity contribution in [3.05, 3.63) is 108 Å². The van der Waals surface area contributed by atoms with E-state index >= 15 is 0 Å². The zero-order valence-electron chi connectivity index (χ0n) is 38.7. The van der Waals surface area contributed by atoms with Crippen molar-refractivity contribution in [1.82, 2.24) is 0 Å². The van der Waals surface area contributed by atoms with E-state index in [1.54, 1.807) is 21.3 Å². The zero-order valence-corrected chi connectivity index (χ0v) is 39.7. The first-order chi connectivity index (χ1) is 29.1. The molecule has 2 saturated carbocycles. The number of rotatable bonds is 4. The molecule has 314 valence electrons. The fraction of sp³-hybridized carbons (Fsp3) is 0.455. The second kappa shape index (κ2) is 13.5. The molecule has 4 heterocycles. The highest BCUT2D eigenvalue weighted by Crippen LogP contribution is 2.52. The summed E-state index contributed by atoms with van der Waals surface area (Å²) in [4.78, 5) is 11.3.